The lowest BCUT2D eigenvalue weighted by molar-refractivity contribution is 0.279. The number of ether oxygens (including phenoxy) is 1. The maximum absolute atomic E-state index is 9.11. The molecule has 2 rings (SSSR count). The zero-order chi connectivity index (χ0) is 13.8. The van der Waals surface area contributed by atoms with Crippen molar-refractivity contribution < 1.29 is 9.84 Å². The fourth-order valence-corrected chi connectivity index (χ4v) is 3.22. The van der Waals surface area contributed by atoms with Gasteiger partial charge in [-0.1, -0.05) is 0 Å². The Labute approximate surface area is 136 Å². The van der Waals surface area contributed by atoms with E-state index in [1.165, 1.54) is 0 Å². The number of aliphatic hydroxyl groups excluding tert-OH is 1. The van der Waals surface area contributed by atoms with Crippen molar-refractivity contribution in [3.05, 3.63) is 55.1 Å². The highest BCUT2D eigenvalue weighted by atomic mass is 79.9. The molecule has 6 heteroatoms. The molecular weight excluding hydrogens is 442 g/mol. The smallest absolute Gasteiger partial charge is 0.148 e. The summed E-state index contributed by atoms with van der Waals surface area (Å²) >= 11 is 10.2. The summed E-state index contributed by atoms with van der Waals surface area (Å²) in [7, 11) is 0. The third kappa shape index (κ3) is 4.02. The Bertz CT molecular complexity index is 550. The molecule has 0 amide bonds. The van der Waals surface area contributed by atoms with Crippen LogP contribution < -0.4 is 4.74 Å². The minimum atomic E-state index is -0.00819. The first-order valence-electron chi connectivity index (χ1n) is 5.42. The molecule has 0 spiro atoms. The van der Waals surface area contributed by atoms with E-state index in [1.807, 2.05) is 24.3 Å². The van der Waals surface area contributed by atoms with Gasteiger partial charge in [-0.15, -0.1) is 0 Å². The van der Waals surface area contributed by atoms with Crippen LogP contribution in [0.2, 0.25) is 0 Å². The van der Waals surface area contributed by atoms with Crippen LogP contribution in [0.1, 0.15) is 11.3 Å². The summed E-state index contributed by atoms with van der Waals surface area (Å²) in [6.45, 7) is 0.370. The molecule has 0 aliphatic heterocycles. The molecule has 1 aromatic carbocycles. The van der Waals surface area contributed by atoms with Gasteiger partial charge in [-0.05, 0) is 77.6 Å². The molecule has 2 aromatic rings. The van der Waals surface area contributed by atoms with Gasteiger partial charge in [0.25, 0.3) is 0 Å². The third-order valence-electron chi connectivity index (χ3n) is 2.39. The van der Waals surface area contributed by atoms with Crippen molar-refractivity contribution in [2.45, 2.75) is 13.2 Å². The number of aromatic nitrogens is 1. The highest BCUT2D eigenvalue weighted by Gasteiger charge is 2.09. The molecule has 100 valence electrons. The monoisotopic (exact) mass is 449 g/mol. The largest absolute Gasteiger partial charge is 0.485 e. The summed E-state index contributed by atoms with van der Waals surface area (Å²) in [4.78, 5) is 4.24. The molecule has 1 heterocycles. The van der Waals surface area contributed by atoms with E-state index in [4.69, 9.17) is 9.84 Å². The number of rotatable bonds is 4. The van der Waals surface area contributed by atoms with Gasteiger partial charge in [-0.25, -0.2) is 0 Å². The fourth-order valence-electron chi connectivity index (χ4n) is 1.48. The molecule has 0 aliphatic carbocycles. The average molecular weight is 452 g/mol. The van der Waals surface area contributed by atoms with Crippen LogP contribution in [-0.4, -0.2) is 10.1 Å². The molecule has 1 N–H and O–H groups in total. The second-order valence-electron chi connectivity index (χ2n) is 3.80. The second-order valence-corrected chi connectivity index (χ2v) is 6.43. The molecule has 0 fully saturated rings. The Kier molecular flexibility index (Phi) is 5.38. The van der Waals surface area contributed by atoms with E-state index >= 15 is 0 Å². The Morgan fingerprint density at radius 3 is 2.32 bits per heavy atom. The molecule has 0 radical (unpaired) electrons. The van der Waals surface area contributed by atoms with Crippen molar-refractivity contribution in [2.24, 2.45) is 0 Å². The van der Waals surface area contributed by atoms with E-state index in [0.29, 0.717) is 12.4 Å². The van der Waals surface area contributed by atoms with E-state index in [-0.39, 0.29) is 6.61 Å². The second kappa shape index (κ2) is 6.83. The average Bonchev–Trinajstić information content (AvgIpc) is 2.39. The number of nitrogens with zero attached hydrogens (tertiary/aromatic N) is 1. The molecule has 0 unspecified atom stereocenters. The van der Waals surface area contributed by atoms with Crippen LogP contribution in [0, 0.1) is 0 Å². The van der Waals surface area contributed by atoms with Crippen molar-refractivity contribution in [2.75, 3.05) is 0 Å². The van der Waals surface area contributed by atoms with E-state index in [0.717, 1.165) is 24.7 Å². The van der Waals surface area contributed by atoms with Gasteiger partial charge in [0.05, 0.1) is 21.2 Å². The first-order chi connectivity index (χ1) is 9.10. The summed E-state index contributed by atoms with van der Waals surface area (Å²) in [5.41, 5.74) is 1.65. The quantitative estimate of drug-likeness (QED) is 0.747. The van der Waals surface area contributed by atoms with Gasteiger partial charge >= 0.3 is 0 Å². The Balaban J connectivity index is 2.13. The normalized spacial score (nSPS) is 10.5. The number of hydrogen-bond acceptors (Lipinski definition) is 3. The van der Waals surface area contributed by atoms with Crippen molar-refractivity contribution in [3.63, 3.8) is 0 Å². The Hall–Kier alpha value is -0.430. The van der Waals surface area contributed by atoms with E-state index in [2.05, 4.69) is 52.8 Å². The van der Waals surface area contributed by atoms with Crippen LogP contribution in [0.25, 0.3) is 0 Å². The number of hydrogen-bond donors (Lipinski definition) is 1. The van der Waals surface area contributed by atoms with Gasteiger partial charge in [0, 0.05) is 10.7 Å². The number of halogens is 3. The zero-order valence-corrected chi connectivity index (χ0v) is 14.5. The number of aliphatic hydroxyl groups is 1. The van der Waals surface area contributed by atoms with Crippen LogP contribution in [0.5, 0.6) is 5.75 Å². The highest BCUT2D eigenvalue weighted by molar-refractivity contribution is 9.11. The molecule has 0 atom stereocenters. The lowest BCUT2D eigenvalue weighted by Crippen LogP contribution is -1.99. The predicted octanol–water partition coefficient (Wildman–Crippen LogP) is 4.44. The first-order valence-corrected chi connectivity index (χ1v) is 7.80. The van der Waals surface area contributed by atoms with Gasteiger partial charge in [0.1, 0.15) is 12.4 Å². The number of benzene rings is 1. The van der Waals surface area contributed by atoms with Gasteiger partial charge in [-0.2, -0.15) is 0 Å². The zero-order valence-electron chi connectivity index (χ0n) is 9.74. The Morgan fingerprint density at radius 1 is 1.11 bits per heavy atom. The van der Waals surface area contributed by atoms with Crippen molar-refractivity contribution in [1.82, 2.24) is 4.98 Å². The topological polar surface area (TPSA) is 42.4 Å². The van der Waals surface area contributed by atoms with Crippen molar-refractivity contribution >= 4 is 47.8 Å². The van der Waals surface area contributed by atoms with Gasteiger partial charge in [-0.3, -0.25) is 4.98 Å². The summed E-state index contributed by atoms with van der Waals surface area (Å²) in [6.07, 6.45) is 1.73. The third-order valence-corrected chi connectivity index (χ3v) is 4.04. The van der Waals surface area contributed by atoms with Gasteiger partial charge in [0.2, 0.25) is 0 Å². The maximum Gasteiger partial charge on any atom is 0.148 e. The molecule has 0 saturated heterocycles. The number of pyridine rings is 1. The molecule has 0 saturated carbocycles. The van der Waals surface area contributed by atoms with E-state index < -0.39 is 0 Å². The van der Waals surface area contributed by atoms with Crippen LogP contribution >= 0.6 is 47.8 Å². The summed E-state index contributed by atoms with van der Waals surface area (Å²) in [5.74, 6) is 0.696. The lowest BCUT2D eigenvalue weighted by Gasteiger charge is -2.11. The molecule has 3 nitrogen and oxygen atoms in total. The van der Waals surface area contributed by atoms with Crippen LogP contribution in [0.15, 0.2) is 43.9 Å². The standard InChI is InChI=1S/C13H10Br3NO2/c14-9-1-2-10(17-5-9)7-19-13-11(15)3-8(6-18)4-12(13)16/h1-5,18H,6-7H2. The van der Waals surface area contributed by atoms with Crippen molar-refractivity contribution in [1.29, 1.82) is 0 Å². The minimum absolute atomic E-state index is 0.00819. The SMILES string of the molecule is OCc1cc(Br)c(OCc2ccc(Br)cn2)c(Br)c1. The van der Waals surface area contributed by atoms with E-state index in [9.17, 15) is 0 Å². The minimum Gasteiger partial charge on any atom is -0.485 e. The molecular formula is C13H10Br3NO2. The van der Waals surface area contributed by atoms with Gasteiger partial charge in [0.15, 0.2) is 0 Å². The molecule has 0 bridgehead atoms. The molecule has 19 heavy (non-hydrogen) atoms. The van der Waals surface area contributed by atoms with Crippen LogP contribution in [-0.2, 0) is 13.2 Å². The summed E-state index contributed by atoms with van der Waals surface area (Å²) < 4.78 is 8.26. The van der Waals surface area contributed by atoms with Crippen molar-refractivity contribution in [3.8, 4) is 5.75 Å². The lowest BCUT2D eigenvalue weighted by atomic mass is 10.2. The van der Waals surface area contributed by atoms with Crippen LogP contribution in [0.3, 0.4) is 0 Å². The van der Waals surface area contributed by atoms with Crippen LogP contribution in [0.4, 0.5) is 0 Å². The predicted molar refractivity (Wildman–Crippen MR) is 84.0 cm³/mol. The van der Waals surface area contributed by atoms with Gasteiger partial charge < -0.3 is 9.84 Å². The molecule has 0 aliphatic rings. The first kappa shape index (κ1) is 15.0. The summed E-state index contributed by atoms with van der Waals surface area (Å²) in [5, 5.41) is 9.11. The van der Waals surface area contributed by atoms with E-state index in [1.54, 1.807) is 6.20 Å². The summed E-state index contributed by atoms with van der Waals surface area (Å²) in [6, 6.07) is 7.48. The maximum atomic E-state index is 9.11. The molecule has 1 aromatic heterocycles. The fraction of sp³-hybridized carbons (Fsp3) is 0.154. The highest BCUT2D eigenvalue weighted by Crippen LogP contribution is 2.35. The Morgan fingerprint density at radius 2 is 1.79 bits per heavy atom.